The van der Waals surface area contributed by atoms with Gasteiger partial charge in [0.2, 0.25) is 0 Å². The molecule has 0 fully saturated rings. The molecule has 76 valence electrons. The summed E-state index contributed by atoms with van der Waals surface area (Å²) < 4.78 is 30.6. The highest BCUT2D eigenvalue weighted by Gasteiger charge is 2.16. The van der Waals surface area contributed by atoms with Crippen LogP contribution in [0.3, 0.4) is 0 Å². The molecule has 0 aromatic heterocycles. The van der Waals surface area contributed by atoms with Crippen LogP contribution in [0.15, 0.2) is 12.1 Å². The number of carbonyl (C=O) groups excluding carboxylic acids is 1. The van der Waals surface area contributed by atoms with Crippen LogP contribution in [0.4, 0.5) is 8.78 Å². The van der Waals surface area contributed by atoms with Crippen molar-refractivity contribution in [3.05, 3.63) is 29.3 Å². The summed E-state index contributed by atoms with van der Waals surface area (Å²) in [5.41, 5.74) is 4.65. The molecule has 1 rings (SSSR count). The van der Waals surface area contributed by atoms with Crippen molar-refractivity contribution in [3.63, 3.8) is 0 Å². The van der Waals surface area contributed by atoms with Gasteiger partial charge in [-0.05, 0) is 6.07 Å². The zero-order valence-electron chi connectivity index (χ0n) is 7.51. The maximum Gasteiger partial charge on any atom is 0.179 e. The van der Waals surface area contributed by atoms with Crippen LogP contribution in [0.1, 0.15) is 10.4 Å². The van der Waals surface area contributed by atoms with Crippen LogP contribution < -0.4 is 10.5 Å². The summed E-state index contributed by atoms with van der Waals surface area (Å²) in [6, 6.07) is 1.98. The van der Waals surface area contributed by atoms with Crippen LogP contribution in [0.25, 0.3) is 0 Å². The third-order valence-corrected chi connectivity index (χ3v) is 1.72. The summed E-state index contributed by atoms with van der Waals surface area (Å²) >= 11 is 0. The molecule has 0 spiro atoms. The molecule has 0 amide bonds. The van der Waals surface area contributed by atoms with Crippen LogP contribution in [0, 0.1) is 11.6 Å². The number of rotatable bonds is 3. The van der Waals surface area contributed by atoms with Crippen molar-refractivity contribution >= 4 is 5.78 Å². The van der Waals surface area contributed by atoms with E-state index in [1.54, 1.807) is 0 Å². The van der Waals surface area contributed by atoms with E-state index in [9.17, 15) is 13.6 Å². The van der Waals surface area contributed by atoms with Crippen molar-refractivity contribution in [3.8, 4) is 5.75 Å². The Kier molecular flexibility index (Phi) is 3.14. The van der Waals surface area contributed by atoms with Gasteiger partial charge in [0.25, 0.3) is 0 Å². The molecule has 0 saturated carbocycles. The zero-order chi connectivity index (χ0) is 10.7. The van der Waals surface area contributed by atoms with Crippen LogP contribution >= 0.6 is 0 Å². The predicted molar refractivity (Wildman–Crippen MR) is 46.3 cm³/mol. The molecule has 0 unspecified atom stereocenters. The second-order valence-corrected chi connectivity index (χ2v) is 2.60. The minimum atomic E-state index is -1.19. The van der Waals surface area contributed by atoms with Crippen LogP contribution in [-0.4, -0.2) is 19.4 Å². The first-order chi connectivity index (χ1) is 6.60. The zero-order valence-corrected chi connectivity index (χ0v) is 7.51. The highest BCUT2D eigenvalue weighted by Crippen LogP contribution is 2.20. The quantitative estimate of drug-likeness (QED) is 0.745. The number of ether oxygens (including phenoxy) is 1. The fourth-order valence-corrected chi connectivity index (χ4v) is 0.995. The average Bonchev–Trinajstić information content (AvgIpc) is 2.20. The molecule has 5 heteroatoms. The molecule has 0 aliphatic rings. The summed E-state index contributed by atoms with van der Waals surface area (Å²) in [5.74, 6) is -2.90. The minimum Gasteiger partial charge on any atom is -0.497 e. The van der Waals surface area contributed by atoms with Crippen molar-refractivity contribution in [1.29, 1.82) is 0 Å². The number of hydrogen-bond donors (Lipinski definition) is 1. The van der Waals surface area contributed by atoms with Crippen molar-refractivity contribution in [1.82, 2.24) is 0 Å². The van der Waals surface area contributed by atoms with E-state index >= 15 is 0 Å². The Bertz CT molecular complexity index is 366. The number of methoxy groups -OCH3 is 1. The Morgan fingerprint density at radius 2 is 2.14 bits per heavy atom. The maximum atomic E-state index is 13.0. The van der Waals surface area contributed by atoms with Gasteiger partial charge >= 0.3 is 0 Å². The van der Waals surface area contributed by atoms with Crippen LogP contribution in [-0.2, 0) is 0 Å². The van der Waals surface area contributed by atoms with Crippen LogP contribution in [0.5, 0.6) is 5.75 Å². The summed E-state index contributed by atoms with van der Waals surface area (Å²) in [7, 11) is 1.30. The van der Waals surface area contributed by atoms with Gasteiger partial charge in [-0.1, -0.05) is 0 Å². The van der Waals surface area contributed by atoms with Gasteiger partial charge in [0.05, 0.1) is 19.2 Å². The fourth-order valence-electron chi connectivity index (χ4n) is 0.995. The third kappa shape index (κ3) is 1.88. The number of benzene rings is 1. The van der Waals surface area contributed by atoms with E-state index in [2.05, 4.69) is 4.74 Å². The first kappa shape index (κ1) is 10.6. The van der Waals surface area contributed by atoms with E-state index in [1.807, 2.05) is 0 Å². The molecule has 2 N–H and O–H groups in total. The lowest BCUT2D eigenvalue weighted by atomic mass is 10.1. The standard InChI is InChI=1S/C9H9F2NO2/c1-14-5-2-6(8(13)4-12)9(11)7(10)3-5/h2-3H,4,12H2,1H3. The SMILES string of the molecule is COc1cc(F)c(F)c(C(=O)CN)c1. The van der Waals surface area contributed by atoms with Crippen molar-refractivity contribution in [2.24, 2.45) is 5.73 Å². The molecule has 0 heterocycles. The van der Waals surface area contributed by atoms with E-state index in [0.29, 0.717) is 0 Å². The Balaban J connectivity index is 3.27. The molecule has 0 bridgehead atoms. The molecule has 0 radical (unpaired) electrons. The largest absolute Gasteiger partial charge is 0.497 e. The maximum absolute atomic E-state index is 13.0. The predicted octanol–water partition coefficient (Wildman–Crippen LogP) is 1.11. The van der Waals surface area contributed by atoms with E-state index < -0.39 is 17.4 Å². The smallest absolute Gasteiger partial charge is 0.179 e. The first-order valence-electron chi connectivity index (χ1n) is 3.86. The van der Waals surface area contributed by atoms with E-state index in [1.165, 1.54) is 7.11 Å². The van der Waals surface area contributed by atoms with Gasteiger partial charge in [-0.25, -0.2) is 8.78 Å². The first-order valence-corrected chi connectivity index (χ1v) is 3.86. The van der Waals surface area contributed by atoms with Crippen LogP contribution in [0.2, 0.25) is 0 Å². The normalized spacial score (nSPS) is 10.0. The fraction of sp³-hybridized carbons (Fsp3) is 0.222. The van der Waals surface area contributed by atoms with Gasteiger partial charge in [-0.15, -0.1) is 0 Å². The number of nitrogens with two attached hydrogens (primary N) is 1. The summed E-state index contributed by atoms with van der Waals surface area (Å²) in [6.07, 6.45) is 0. The van der Waals surface area contributed by atoms with Gasteiger partial charge in [0.1, 0.15) is 5.75 Å². The second kappa shape index (κ2) is 4.15. The van der Waals surface area contributed by atoms with Crippen molar-refractivity contribution in [2.75, 3.05) is 13.7 Å². The number of Topliss-reactive ketones (excluding diaryl/α,β-unsaturated/α-hetero) is 1. The Hall–Kier alpha value is -1.49. The lowest BCUT2D eigenvalue weighted by molar-refractivity contribution is 0.0996. The molecule has 1 aromatic rings. The summed E-state index contributed by atoms with van der Waals surface area (Å²) in [5, 5.41) is 0. The second-order valence-electron chi connectivity index (χ2n) is 2.60. The Morgan fingerprint density at radius 1 is 1.50 bits per heavy atom. The van der Waals surface area contributed by atoms with E-state index in [0.717, 1.165) is 12.1 Å². The number of hydrogen-bond acceptors (Lipinski definition) is 3. The molecule has 1 aromatic carbocycles. The Labute approximate surface area is 79.5 Å². The summed E-state index contributed by atoms with van der Waals surface area (Å²) in [4.78, 5) is 11.1. The molecule has 0 aliphatic heterocycles. The molecule has 14 heavy (non-hydrogen) atoms. The van der Waals surface area contributed by atoms with Gasteiger partial charge in [-0.2, -0.15) is 0 Å². The monoisotopic (exact) mass is 201 g/mol. The topological polar surface area (TPSA) is 52.3 Å². The average molecular weight is 201 g/mol. The molecule has 0 atom stereocenters. The van der Waals surface area contributed by atoms with Gasteiger partial charge in [-0.3, -0.25) is 4.79 Å². The van der Waals surface area contributed by atoms with E-state index in [-0.39, 0.29) is 17.9 Å². The molecule has 0 saturated heterocycles. The lowest BCUT2D eigenvalue weighted by Crippen LogP contribution is -2.16. The van der Waals surface area contributed by atoms with Gasteiger partial charge in [0.15, 0.2) is 17.4 Å². The minimum absolute atomic E-state index is 0.0840. The molecule has 3 nitrogen and oxygen atoms in total. The highest BCUT2D eigenvalue weighted by atomic mass is 19.2. The third-order valence-electron chi connectivity index (χ3n) is 1.72. The number of carbonyl (C=O) groups is 1. The van der Waals surface area contributed by atoms with Gasteiger partial charge in [0, 0.05) is 6.07 Å². The van der Waals surface area contributed by atoms with Crippen molar-refractivity contribution in [2.45, 2.75) is 0 Å². The molecule has 0 aliphatic carbocycles. The number of ketones is 1. The Morgan fingerprint density at radius 3 is 2.64 bits per heavy atom. The summed E-state index contributed by atoms with van der Waals surface area (Å²) in [6.45, 7) is -0.372. The highest BCUT2D eigenvalue weighted by molar-refractivity contribution is 5.98. The molecular formula is C9H9F2NO2. The number of halogens is 2. The molecular weight excluding hydrogens is 192 g/mol. The van der Waals surface area contributed by atoms with Gasteiger partial charge < -0.3 is 10.5 Å². The lowest BCUT2D eigenvalue weighted by Gasteiger charge is -2.05. The van der Waals surface area contributed by atoms with Crippen molar-refractivity contribution < 1.29 is 18.3 Å². The van der Waals surface area contributed by atoms with E-state index in [4.69, 9.17) is 5.73 Å².